The Balaban J connectivity index is 3.01. The fourth-order valence-electron chi connectivity index (χ4n) is 2.06. The monoisotopic (exact) mass is 289 g/mol. The molecule has 2 N–H and O–H groups in total. The molecule has 0 aliphatic rings. The van der Waals surface area contributed by atoms with Crippen LogP contribution in [0.1, 0.15) is 50.0 Å². The van der Waals surface area contributed by atoms with Gasteiger partial charge < -0.3 is 10.4 Å². The van der Waals surface area contributed by atoms with Crippen molar-refractivity contribution in [1.29, 1.82) is 0 Å². The summed E-state index contributed by atoms with van der Waals surface area (Å²) in [6, 6.07) is 6.38. The van der Waals surface area contributed by atoms with E-state index in [1.165, 1.54) is 0 Å². The third kappa shape index (κ3) is 4.74. The van der Waals surface area contributed by atoms with E-state index in [0.717, 1.165) is 5.56 Å². The van der Waals surface area contributed by atoms with Gasteiger partial charge in [-0.05, 0) is 30.4 Å². The number of aliphatic carboxylic acids is 1. The molecule has 0 aliphatic carbocycles. The van der Waals surface area contributed by atoms with Crippen LogP contribution in [0.4, 0.5) is 0 Å². The number of allylic oxidation sites excluding steroid dienone is 1. The van der Waals surface area contributed by atoms with E-state index in [1.54, 1.807) is 24.3 Å². The molecule has 0 heterocycles. The van der Waals surface area contributed by atoms with Gasteiger partial charge in [0, 0.05) is 5.56 Å². The Morgan fingerprint density at radius 1 is 1.29 bits per heavy atom. The molecular weight excluding hydrogens is 266 g/mol. The van der Waals surface area contributed by atoms with Gasteiger partial charge in [-0.3, -0.25) is 4.79 Å². The summed E-state index contributed by atoms with van der Waals surface area (Å²) in [7, 11) is 0. The molecule has 1 aromatic carbocycles. The molecule has 0 saturated heterocycles. The zero-order valence-corrected chi connectivity index (χ0v) is 13.0. The van der Waals surface area contributed by atoms with Gasteiger partial charge in [-0.2, -0.15) is 0 Å². The molecule has 114 valence electrons. The predicted molar refractivity (Wildman–Crippen MR) is 83.5 cm³/mol. The van der Waals surface area contributed by atoms with Crippen molar-refractivity contribution in [3.63, 3.8) is 0 Å². The van der Waals surface area contributed by atoms with Crippen LogP contribution in [0.5, 0.6) is 0 Å². The van der Waals surface area contributed by atoms with Crippen LogP contribution in [0.2, 0.25) is 0 Å². The fourth-order valence-corrected chi connectivity index (χ4v) is 2.06. The molecule has 0 aliphatic heterocycles. The number of carboxylic acids is 1. The van der Waals surface area contributed by atoms with Crippen molar-refractivity contribution in [3.05, 3.63) is 47.5 Å². The number of carbonyl (C=O) groups excluding carboxylic acids is 1. The molecule has 0 radical (unpaired) electrons. The maximum absolute atomic E-state index is 12.4. The van der Waals surface area contributed by atoms with Gasteiger partial charge >= 0.3 is 5.97 Å². The summed E-state index contributed by atoms with van der Waals surface area (Å²) in [6.45, 7) is 7.88. The fraction of sp³-hybridized carbons (Fsp3) is 0.412. The zero-order valence-electron chi connectivity index (χ0n) is 13.0. The van der Waals surface area contributed by atoms with Crippen molar-refractivity contribution in [2.75, 3.05) is 0 Å². The van der Waals surface area contributed by atoms with Crippen LogP contribution in [-0.4, -0.2) is 23.0 Å². The predicted octanol–water partition coefficient (Wildman–Crippen LogP) is 3.13. The molecule has 0 fully saturated rings. The van der Waals surface area contributed by atoms with Crippen molar-refractivity contribution in [2.24, 2.45) is 0 Å². The summed E-state index contributed by atoms with van der Waals surface area (Å²) >= 11 is 0. The van der Waals surface area contributed by atoms with Gasteiger partial charge in [0.1, 0.15) is 6.04 Å². The Morgan fingerprint density at radius 3 is 2.43 bits per heavy atom. The Kier molecular flexibility index (Phi) is 5.70. The molecule has 0 bridgehead atoms. The van der Waals surface area contributed by atoms with Gasteiger partial charge in [-0.1, -0.05) is 51.1 Å². The molecule has 21 heavy (non-hydrogen) atoms. The SMILES string of the molecule is C/C=C/CC(NC(=O)c1ccccc1C(C)(C)C)C(=O)O. The Morgan fingerprint density at radius 2 is 1.90 bits per heavy atom. The normalized spacial score (nSPS) is 13.1. The number of carboxylic acid groups (broad SMARTS) is 1. The summed E-state index contributed by atoms with van der Waals surface area (Å²) in [6.07, 6.45) is 3.77. The molecule has 1 aromatic rings. The first-order chi connectivity index (χ1) is 9.77. The minimum Gasteiger partial charge on any atom is -0.480 e. The smallest absolute Gasteiger partial charge is 0.326 e. The van der Waals surface area contributed by atoms with Gasteiger partial charge in [0.05, 0.1) is 0 Å². The Hall–Kier alpha value is -2.10. The minimum atomic E-state index is -1.03. The summed E-state index contributed by atoms with van der Waals surface area (Å²) in [5.41, 5.74) is 1.24. The average Bonchev–Trinajstić information content (AvgIpc) is 2.42. The first kappa shape index (κ1) is 17.0. The van der Waals surface area contributed by atoms with E-state index in [2.05, 4.69) is 5.32 Å². The Labute approximate surface area is 125 Å². The molecule has 1 unspecified atom stereocenters. The highest BCUT2D eigenvalue weighted by Gasteiger charge is 2.24. The van der Waals surface area contributed by atoms with Gasteiger partial charge in [0.25, 0.3) is 5.91 Å². The molecule has 4 heteroatoms. The lowest BCUT2D eigenvalue weighted by atomic mass is 9.83. The average molecular weight is 289 g/mol. The van der Waals surface area contributed by atoms with Crippen LogP contribution in [0.3, 0.4) is 0 Å². The summed E-state index contributed by atoms with van der Waals surface area (Å²) in [5, 5.41) is 11.8. The van der Waals surface area contributed by atoms with E-state index in [4.69, 9.17) is 0 Å². The second-order valence-corrected chi connectivity index (χ2v) is 5.96. The van der Waals surface area contributed by atoms with Crippen molar-refractivity contribution >= 4 is 11.9 Å². The van der Waals surface area contributed by atoms with Crippen molar-refractivity contribution in [3.8, 4) is 0 Å². The van der Waals surface area contributed by atoms with Crippen LogP contribution in [0.15, 0.2) is 36.4 Å². The van der Waals surface area contributed by atoms with E-state index in [0.29, 0.717) is 5.56 Å². The van der Waals surface area contributed by atoms with E-state index < -0.39 is 12.0 Å². The molecule has 0 aromatic heterocycles. The topological polar surface area (TPSA) is 66.4 Å². The third-order valence-corrected chi connectivity index (χ3v) is 3.19. The standard InChI is InChI=1S/C17H23NO3/c1-5-6-11-14(16(20)21)18-15(19)12-9-7-8-10-13(12)17(2,3)4/h5-10,14H,11H2,1-4H3,(H,18,19)(H,20,21)/b6-5+. The lowest BCUT2D eigenvalue weighted by molar-refractivity contribution is -0.139. The Bertz CT molecular complexity index is 541. The van der Waals surface area contributed by atoms with Crippen LogP contribution in [-0.2, 0) is 10.2 Å². The largest absolute Gasteiger partial charge is 0.480 e. The number of carbonyl (C=O) groups is 2. The highest BCUT2D eigenvalue weighted by atomic mass is 16.4. The van der Waals surface area contributed by atoms with E-state index in [9.17, 15) is 14.7 Å². The third-order valence-electron chi connectivity index (χ3n) is 3.19. The molecule has 0 spiro atoms. The van der Waals surface area contributed by atoms with Crippen molar-refractivity contribution in [2.45, 2.75) is 45.6 Å². The summed E-state index contributed by atoms with van der Waals surface area (Å²) in [4.78, 5) is 23.6. The molecule has 1 atom stereocenters. The van der Waals surface area contributed by atoms with Gasteiger partial charge in [-0.25, -0.2) is 4.79 Å². The highest BCUT2D eigenvalue weighted by molar-refractivity contribution is 5.98. The van der Waals surface area contributed by atoms with Gasteiger partial charge in [0.15, 0.2) is 0 Å². The zero-order chi connectivity index (χ0) is 16.0. The number of nitrogens with one attached hydrogen (secondary N) is 1. The number of hydrogen-bond acceptors (Lipinski definition) is 2. The number of benzene rings is 1. The molecule has 1 amide bonds. The van der Waals surface area contributed by atoms with Crippen LogP contribution >= 0.6 is 0 Å². The van der Waals surface area contributed by atoms with E-state index in [1.807, 2.05) is 39.8 Å². The highest BCUT2D eigenvalue weighted by Crippen LogP contribution is 2.25. The van der Waals surface area contributed by atoms with Crippen LogP contribution < -0.4 is 5.32 Å². The van der Waals surface area contributed by atoms with E-state index in [-0.39, 0.29) is 17.7 Å². The molecule has 0 saturated carbocycles. The van der Waals surface area contributed by atoms with Crippen LogP contribution in [0, 0.1) is 0 Å². The maximum Gasteiger partial charge on any atom is 0.326 e. The van der Waals surface area contributed by atoms with E-state index >= 15 is 0 Å². The van der Waals surface area contributed by atoms with Gasteiger partial charge in [-0.15, -0.1) is 0 Å². The number of amides is 1. The quantitative estimate of drug-likeness (QED) is 0.818. The van der Waals surface area contributed by atoms with Crippen LogP contribution in [0.25, 0.3) is 0 Å². The first-order valence-electron chi connectivity index (χ1n) is 7.01. The number of rotatable bonds is 5. The minimum absolute atomic E-state index is 0.185. The second-order valence-electron chi connectivity index (χ2n) is 5.96. The second kappa shape index (κ2) is 7.07. The van der Waals surface area contributed by atoms with Gasteiger partial charge in [0.2, 0.25) is 0 Å². The lowest BCUT2D eigenvalue weighted by Crippen LogP contribution is -2.41. The molecule has 1 rings (SSSR count). The number of hydrogen-bond donors (Lipinski definition) is 2. The van der Waals surface area contributed by atoms with Crippen molar-refractivity contribution in [1.82, 2.24) is 5.32 Å². The summed E-state index contributed by atoms with van der Waals surface area (Å²) in [5.74, 6) is -1.38. The lowest BCUT2D eigenvalue weighted by Gasteiger charge is -2.23. The van der Waals surface area contributed by atoms with Crippen molar-refractivity contribution < 1.29 is 14.7 Å². The first-order valence-corrected chi connectivity index (χ1v) is 7.01. The molecular formula is C17H23NO3. The maximum atomic E-state index is 12.4. The summed E-state index contributed by atoms with van der Waals surface area (Å²) < 4.78 is 0. The molecule has 4 nitrogen and oxygen atoms in total.